The Kier molecular flexibility index (Phi) is 4.25. The average Bonchev–Trinajstić information content (AvgIpc) is 1.63. The topological polar surface area (TPSA) is 0 Å². The van der Waals surface area contributed by atoms with Crippen LogP contribution in [0.15, 0.2) is 35.9 Å². The molecule has 0 aliphatic heterocycles. The standard InChI is InChI=1S/C7H10FP/c1-6(8)4-3-5-7(2)9/h3-5H,1,9H2,2H3/b4-3-,7-5+. The van der Waals surface area contributed by atoms with Gasteiger partial charge in [-0.15, -0.1) is 9.24 Å². The first kappa shape index (κ1) is 8.58. The highest BCUT2D eigenvalue weighted by molar-refractivity contribution is 7.22. The van der Waals surface area contributed by atoms with Crippen LogP contribution in [-0.2, 0) is 0 Å². The molecule has 0 aliphatic carbocycles. The molecule has 0 bridgehead atoms. The van der Waals surface area contributed by atoms with Crippen LogP contribution in [-0.4, -0.2) is 0 Å². The first-order valence-electron chi connectivity index (χ1n) is 2.58. The van der Waals surface area contributed by atoms with Gasteiger partial charge in [0.1, 0.15) is 5.83 Å². The first-order chi connectivity index (χ1) is 4.13. The predicted octanol–water partition coefficient (Wildman–Crippen LogP) is 2.80. The van der Waals surface area contributed by atoms with Crippen molar-refractivity contribution < 1.29 is 4.39 Å². The molecule has 2 heteroatoms. The Hall–Kier alpha value is -0.420. The Morgan fingerprint density at radius 2 is 2.22 bits per heavy atom. The summed E-state index contributed by atoms with van der Waals surface area (Å²) in [5.41, 5.74) is 0. The second kappa shape index (κ2) is 4.46. The van der Waals surface area contributed by atoms with Gasteiger partial charge in [0.15, 0.2) is 0 Å². The van der Waals surface area contributed by atoms with Gasteiger partial charge in [-0.3, -0.25) is 0 Å². The molecule has 0 spiro atoms. The minimum Gasteiger partial charge on any atom is -0.208 e. The van der Waals surface area contributed by atoms with Crippen LogP contribution in [0.3, 0.4) is 0 Å². The normalized spacial score (nSPS) is 12.6. The zero-order valence-corrected chi connectivity index (χ0v) is 6.55. The van der Waals surface area contributed by atoms with Gasteiger partial charge >= 0.3 is 0 Å². The van der Waals surface area contributed by atoms with Crippen molar-refractivity contribution in [2.75, 3.05) is 0 Å². The van der Waals surface area contributed by atoms with Crippen LogP contribution in [0.5, 0.6) is 0 Å². The van der Waals surface area contributed by atoms with E-state index in [4.69, 9.17) is 0 Å². The summed E-state index contributed by atoms with van der Waals surface area (Å²) in [7, 11) is 2.50. The highest BCUT2D eigenvalue weighted by Crippen LogP contribution is 2.02. The third-order valence-corrected chi connectivity index (χ3v) is 0.829. The van der Waals surface area contributed by atoms with Gasteiger partial charge in [-0.05, 0) is 13.0 Å². The zero-order chi connectivity index (χ0) is 7.28. The summed E-state index contributed by atoms with van der Waals surface area (Å²) in [6, 6.07) is 0. The highest BCUT2D eigenvalue weighted by atomic mass is 31.0. The van der Waals surface area contributed by atoms with Crippen molar-refractivity contribution in [3.8, 4) is 0 Å². The van der Waals surface area contributed by atoms with Crippen LogP contribution in [0.4, 0.5) is 4.39 Å². The van der Waals surface area contributed by atoms with E-state index in [2.05, 4.69) is 15.8 Å². The van der Waals surface area contributed by atoms with Crippen LogP contribution in [0.25, 0.3) is 0 Å². The lowest BCUT2D eigenvalue weighted by Crippen LogP contribution is -1.57. The van der Waals surface area contributed by atoms with Crippen molar-refractivity contribution >= 4 is 9.24 Å². The lowest BCUT2D eigenvalue weighted by atomic mass is 10.4. The van der Waals surface area contributed by atoms with E-state index >= 15 is 0 Å². The second-order valence-corrected chi connectivity index (χ2v) is 2.63. The highest BCUT2D eigenvalue weighted by Gasteiger charge is 1.75. The quantitative estimate of drug-likeness (QED) is 0.413. The van der Waals surface area contributed by atoms with Crippen molar-refractivity contribution in [1.29, 1.82) is 0 Å². The Bertz CT molecular complexity index is 152. The Labute approximate surface area is 57.4 Å². The third-order valence-electron chi connectivity index (χ3n) is 0.636. The van der Waals surface area contributed by atoms with Crippen LogP contribution in [0, 0.1) is 0 Å². The van der Waals surface area contributed by atoms with E-state index in [1.54, 1.807) is 12.2 Å². The van der Waals surface area contributed by atoms with Gasteiger partial charge in [0.05, 0.1) is 0 Å². The molecule has 0 aliphatic rings. The third kappa shape index (κ3) is 7.58. The van der Waals surface area contributed by atoms with Crippen LogP contribution in [0.2, 0.25) is 0 Å². The lowest BCUT2D eigenvalue weighted by molar-refractivity contribution is 0.671. The molecule has 0 aromatic rings. The van der Waals surface area contributed by atoms with Gasteiger partial charge in [-0.25, -0.2) is 4.39 Å². The molecule has 0 rings (SSSR count). The summed E-state index contributed by atoms with van der Waals surface area (Å²) in [4.78, 5) is 0. The number of halogens is 1. The Morgan fingerprint density at radius 1 is 1.67 bits per heavy atom. The van der Waals surface area contributed by atoms with E-state index in [-0.39, 0.29) is 0 Å². The van der Waals surface area contributed by atoms with Crippen molar-refractivity contribution in [3.63, 3.8) is 0 Å². The van der Waals surface area contributed by atoms with Crippen LogP contribution in [0.1, 0.15) is 6.92 Å². The van der Waals surface area contributed by atoms with Crippen LogP contribution >= 0.6 is 9.24 Å². The second-order valence-electron chi connectivity index (χ2n) is 1.72. The molecular formula is C7H10FP. The number of hydrogen-bond donors (Lipinski definition) is 0. The fourth-order valence-electron chi connectivity index (χ4n) is 0.304. The van der Waals surface area contributed by atoms with E-state index in [1.165, 1.54) is 6.08 Å². The molecule has 0 saturated heterocycles. The molecule has 0 aromatic heterocycles. The van der Waals surface area contributed by atoms with Crippen molar-refractivity contribution in [3.05, 3.63) is 35.9 Å². The maximum Gasteiger partial charge on any atom is 0.116 e. The van der Waals surface area contributed by atoms with Crippen molar-refractivity contribution in [1.82, 2.24) is 0 Å². The molecule has 0 fully saturated rings. The molecule has 1 atom stereocenters. The fourth-order valence-corrected chi connectivity index (χ4v) is 0.415. The van der Waals surface area contributed by atoms with Gasteiger partial charge < -0.3 is 0 Å². The molecule has 0 saturated carbocycles. The minimum absolute atomic E-state index is 0.419. The molecule has 0 aromatic carbocycles. The number of hydrogen-bond acceptors (Lipinski definition) is 0. The number of rotatable bonds is 2. The molecule has 0 N–H and O–H groups in total. The van der Waals surface area contributed by atoms with E-state index in [0.717, 1.165) is 5.31 Å². The molecule has 50 valence electrons. The smallest absolute Gasteiger partial charge is 0.116 e. The maximum atomic E-state index is 11.8. The average molecular weight is 144 g/mol. The van der Waals surface area contributed by atoms with E-state index < -0.39 is 5.83 Å². The van der Waals surface area contributed by atoms with Gasteiger partial charge in [0.2, 0.25) is 0 Å². The Balaban J connectivity index is 3.74. The molecule has 0 nitrogen and oxygen atoms in total. The van der Waals surface area contributed by atoms with Gasteiger partial charge in [-0.2, -0.15) is 0 Å². The molecule has 0 heterocycles. The van der Waals surface area contributed by atoms with E-state index in [0.29, 0.717) is 0 Å². The summed E-state index contributed by atoms with van der Waals surface area (Å²) < 4.78 is 11.8. The summed E-state index contributed by atoms with van der Waals surface area (Å²) >= 11 is 0. The molecule has 1 unspecified atom stereocenters. The van der Waals surface area contributed by atoms with E-state index in [1.807, 2.05) is 6.92 Å². The van der Waals surface area contributed by atoms with Crippen molar-refractivity contribution in [2.45, 2.75) is 6.92 Å². The molecule has 0 radical (unpaired) electrons. The first-order valence-corrected chi connectivity index (χ1v) is 3.15. The predicted molar refractivity (Wildman–Crippen MR) is 42.9 cm³/mol. The van der Waals surface area contributed by atoms with Gasteiger partial charge in [0.25, 0.3) is 0 Å². The summed E-state index contributed by atoms with van der Waals surface area (Å²) in [6.07, 6.45) is 4.72. The van der Waals surface area contributed by atoms with Crippen molar-refractivity contribution in [2.24, 2.45) is 0 Å². The summed E-state index contributed by atoms with van der Waals surface area (Å²) in [5, 5.41) is 1.06. The number of allylic oxidation sites excluding steroid dienone is 5. The van der Waals surface area contributed by atoms with E-state index in [9.17, 15) is 4.39 Å². The largest absolute Gasteiger partial charge is 0.208 e. The van der Waals surface area contributed by atoms with Crippen LogP contribution < -0.4 is 0 Å². The summed E-state index contributed by atoms with van der Waals surface area (Å²) in [6.45, 7) is 4.98. The fraction of sp³-hybridized carbons (Fsp3) is 0.143. The van der Waals surface area contributed by atoms with Gasteiger partial charge in [0, 0.05) is 0 Å². The molecule has 0 amide bonds. The lowest BCUT2D eigenvalue weighted by Gasteiger charge is -1.80. The minimum atomic E-state index is -0.419. The van der Waals surface area contributed by atoms with Gasteiger partial charge in [-0.1, -0.05) is 24.0 Å². The molecule has 9 heavy (non-hydrogen) atoms. The zero-order valence-electron chi connectivity index (χ0n) is 5.39. The summed E-state index contributed by atoms with van der Waals surface area (Å²) in [5.74, 6) is -0.419. The SMILES string of the molecule is C=C(F)/C=C\C=C(/C)P. The monoisotopic (exact) mass is 144 g/mol. The molecular weight excluding hydrogens is 134 g/mol. The maximum absolute atomic E-state index is 11.8. The Morgan fingerprint density at radius 3 is 2.56 bits per heavy atom.